The summed E-state index contributed by atoms with van der Waals surface area (Å²) in [5.74, 6) is 1.85. The molecule has 2 fully saturated rings. The molecule has 2 saturated heterocycles. The fourth-order valence-corrected chi connectivity index (χ4v) is 4.39. The highest BCUT2D eigenvalue weighted by atomic mass is 15.3. The van der Waals surface area contributed by atoms with Crippen molar-refractivity contribution in [3.8, 4) is 0 Å². The van der Waals surface area contributed by atoms with E-state index < -0.39 is 0 Å². The van der Waals surface area contributed by atoms with Gasteiger partial charge in [-0.2, -0.15) is 0 Å². The molecule has 0 spiro atoms. The standard InChI is InChI=1S/C21H31N5/c1-23-11-9-22-21(23)19-6-5-10-25(18-19)13-12-24-14-16-26(17-15-24)20-7-3-2-4-8-20/h2-4,7-9,11,19H,5-6,10,12-18H2,1H3. The summed E-state index contributed by atoms with van der Waals surface area (Å²) in [6.45, 7) is 9.40. The Labute approximate surface area is 157 Å². The molecule has 2 aromatic rings. The normalized spacial score (nSPS) is 22.7. The molecule has 0 amide bonds. The first-order valence-electron chi connectivity index (χ1n) is 10.0. The summed E-state index contributed by atoms with van der Waals surface area (Å²) in [5, 5.41) is 0. The van der Waals surface area contributed by atoms with E-state index in [-0.39, 0.29) is 0 Å². The number of piperazine rings is 1. The Morgan fingerprint density at radius 1 is 0.962 bits per heavy atom. The fraction of sp³-hybridized carbons (Fsp3) is 0.571. The number of hydrogen-bond acceptors (Lipinski definition) is 4. The lowest BCUT2D eigenvalue weighted by molar-refractivity contribution is 0.163. The maximum absolute atomic E-state index is 4.58. The minimum absolute atomic E-state index is 0.596. The number of piperidine rings is 1. The number of aryl methyl sites for hydroxylation is 1. The third-order valence-electron chi connectivity index (χ3n) is 5.96. The molecular weight excluding hydrogens is 322 g/mol. The maximum Gasteiger partial charge on any atom is 0.112 e. The van der Waals surface area contributed by atoms with Crippen molar-refractivity contribution >= 4 is 5.69 Å². The molecule has 5 nitrogen and oxygen atoms in total. The van der Waals surface area contributed by atoms with Crippen LogP contribution in [0.5, 0.6) is 0 Å². The molecule has 0 aliphatic carbocycles. The zero-order chi connectivity index (χ0) is 17.8. The lowest BCUT2D eigenvalue weighted by atomic mass is 9.97. The van der Waals surface area contributed by atoms with Crippen molar-refractivity contribution in [2.24, 2.45) is 7.05 Å². The van der Waals surface area contributed by atoms with Gasteiger partial charge in [-0.3, -0.25) is 4.90 Å². The Kier molecular flexibility index (Phi) is 5.56. The summed E-state index contributed by atoms with van der Waals surface area (Å²) in [6.07, 6.45) is 6.57. The van der Waals surface area contributed by atoms with E-state index in [4.69, 9.17) is 0 Å². The van der Waals surface area contributed by atoms with Crippen LogP contribution >= 0.6 is 0 Å². The average molecular weight is 354 g/mol. The molecule has 0 saturated carbocycles. The number of anilines is 1. The molecular formula is C21H31N5. The van der Waals surface area contributed by atoms with Crippen molar-refractivity contribution in [1.82, 2.24) is 19.4 Å². The van der Waals surface area contributed by atoms with Crippen LogP contribution in [0.2, 0.25) is 0 Å². The van der Waals surface area contributed by atoms with Crippen LogP contribution in [-0.4, -0.2) is 71.7 Å². The fourth-order valence-electron chi connectivity index (χ4n) is 4.39. The van der Waals surface area contributed by atoms with E-state index in [2.05, 4.69) is 67.8 Å². The van der Waals surface area contributed by atoms with Gasteiger partial charge < -0.3 is 14.4 Å². The first-order chi connectivity index (χ1) is 12.8. The summed E-state index contributed by atoms with van der Waals surface area (Å²) in [5.41, 5.74) is 1.36. The molecule has 3 heterocycles. The Bertz CT molecular complexity index is 675. The second-order valence-corrected chi connectivity index (χ2v) is 7.70. The molecule has 1 aromatic heterocycles. The van der Waals surface area contributed by atoms with Crippen LogP contribution < -0.4 is 4.90 Å². The quantitative estimate of drug-likeness (QED) is 0.825. The lowest BCUT2D eigenvalue weighted by Gasteiger charge is -2.38. The molecule has 0 bridgehead atoms. The summed E-state index contributed by atoms with van der Waals surface area (Å²) < 4.78 is 2.19. The van der Waals surface area contributed by atoms with Gasteiger partial charge in [-0.15, -0.1) is 0 Å². The lowest BCUT2D eigenvalue weighted by Crippen LogP contribution is -2.49. The number of para-hydroxylation sites is 1. The van der Waals surface area contributed by atoms with Gasteiger partial charge in [0.2, 0.25) is 0 Å². The van der Waals surface area contributed by atoms with Gasteiger partial charge in [0, 0.05) is 76.9 Å². The van der Waals surface area contributed by atoms with Crippen LogP contribution in [-0.2, 0) is 7.05 Å². The number of benzene rings is 1. The summed E-state index contributed by atoms with van der Waals surface area (Å²) in [4.78, 5) is 12.4. The molecule has 2 aliphatic heterocycles. The molecule has 5 heteroatoms. The number of hydrogen-bond donors (Lipinski definition) is 0. The highest BCUT2D eigenvalue weighted by Gasteiger charge is 2.25. The molecule has 1 atom stereocenters. The molecule has 0 radical (unpaired) electrons. The summed E-state index contributed by atoms with van der Waals surface area (Å²) in [7, 11) is 2.12. The van der Waals surface area contributed by atoms with Gasteiger partial charge in [-0.25, -0.2) is 4.98 Å². The monoisotopic (exact) mass is 353 g/mol. The van der Waals surface area contributed by atoms with Crippen LogP contribution in [0.15, 0.2) is 42.7 Å². The molecule has 0 N–H and O–H groups in total. The van der Waals surface area contributed by atoms with Gasteiger partial charge in [0.05, 0.1) is 0 Å². The predicted octanol–water partition coefficient (Wildman–Crippen LogP) is 2.42. The smallest absolute Gasteiger partial charge is 0.112 e. The maximum atomic E-state index is 4.58. The number of nitrogens with zero attached hydrogens (tertiary/aromatic N) is 5. The van der Waals surface area contributed by atoms with Crippen LogP contribution in [0.4, 0.5) is 5.69 Å². The van der Waals surface area contributed by atoms with Gasteiger partial charge in [-0.05, 0) is 31.5 Å². The van der Waals surface area contributed by atoms with Crippen molar-refractivity contribution in [3.05, 3.63) is 48.5 Å². The van der Waals surface area contributed by atoms with Crippen molar-refractivity contribution in [2.75, 3.05) is 57.3 Å². The Hall–Kier alpha value is -1.85. The first kappa shape index (κ1) is 17.6. The first-order valence-corrected chi connectivity index (χ1v) is 10.0. The summed E-state index contributed by atoms with van der Waals surface area (Å²) >= 11 is 0. The highest BCUT2D eigenvalue weighted by Crippen LogP contribution is 2.25. The Morgan fingerprint density at radius 3 is 2.46 bits per heavy atom. The van der Waals surface area contributed by atoms with E-state index in [1.807, 2.05) is 6.20 Å². The molecule has 1 aromatic carbocycles. The molecule has 140 valence electrons. The van der Waals surface area contributed by atoms with E-state index in [9.17, 15) is 0 Å². The van der Waals surface area contributed by atoms with E-state index in [1.165, 1.54) is 57.1 Å². The SMILES string of the molecule is Cn1ccnc1C1CCCN(CCN2CCN(c3ccccc3)CC2)C1. The molecule has 26 heavy (non-hydrogen) atoms. The molecule has 1 unspecified atom stereocenters. The van der Waals surface area contributed by atoms with Gasteiger partial charge >= 0.3 is 0 Å². The minimum atomic E-state index is 0.596. The Morgan fingerprint density at radius 2 is 1.73 bits per heavy atom. The highest BCUT2D eigenvalue weighted by molar-refractivity contribution is 5.46. The largest absolute Gasteiger partial charge is 0.369 e. The third kappa shape index (κ3) is 4.10. The van der Waals surface area contributed by atoms with Gasteiger partial charge in [0.25, 0.3) is 0 Å². The van der Waals surface area contributed by atoms with Crippen molar-refractivity contribution in [3.63, 3.8) is 0 Å². The van der Waals surface area contributed by atoms with Gasteiger partial charge in [-0.1, -0.05) is 18.2 Å². The van der Waals surface area contributed by atoms with Crippen LogP contribution in [0.25, 0.3) is 0 Å². The van der Waals surface area contributed by atoms with E-state index in [0.29, 0.717) is 5.92 Å². The zero-order valence-electron chi connectivity index (χ0n) is 15.9. The molecule has 4 rings (SSSR count). The predicted molar refractivity (Wildman–Crippen MR) is 107 cm³/mol. The van der Waals surface area contributed by atoms with Crippen LogP contribution in [0.3, 0.4) is 0 Å². The number of imidazole rings is 1. The van der Waals surface area contributed by atoms with Crippen LogP contribution in [0, 0.1) is 0 Å². The summed E-state index contributed by atoms with van der Waals surface area (Å²) in [6, 6.07) is 10.8. The van der Waals surface area contributed by atoms with Crippen molar-refractivity contribution < 1.29 is 0 Å². The van der Waals surface area contributed by atoms with E-state index in [1.54, 1.807) is 0 Å². The number of rotatable bonds is 5. The topological polar surface area (TPSA) is 27.5 Å². The van der Waals surface area contributed by atoms with Crippen molar-refractivity contribution in [2.45, 2.75) is 18.8 Å². The molecule has 2 aliphatic rings. The van der Waals surface area contributed by atoms with Crippen molar-refractivity contribution in [1.29, 1.82) is 0 Å². The Balaban J connectivity index is 1.23. The van der Waals surface area contributed by atoms with Gasteiger partial charge in [0.1, 0.15) is 5.82 Å². The van der Waals surface area contributed by atoms with Crippen LogP contribution in [0.1, 0.15) is 24.6 Å². The number of likely N-dealkylation sites (tertiary alicyclic amines) is 1. The van der Waals surface area contributed by atoms with E-state index >= 15 is 0 Å². The second kappa shape index (κ2) is 8.23. The minimum Gasteiger partial charge on any atom is -0.369 e. The second-order valence-electron chi connectivity index (χ2n) is 7.70. The third-order valence-corrected chi connectivity index (χ3v) is 5.96. The van der Waals surface area contributed by atoms with E-state index in [0.717, 1.165) is 19.6 Å². The van der Waals surface area contributed by atoms with Gasteiger partial charge in [0.15, 0.2) is 0 Å². The zero-order valence-corrected chi connectivity index (χ0v) is 15.9. The number of aromatic nitrogens is 2. The average Bonchev–Trinajstić information content (AvgIpc) is 3.14.